The zero-order chi connectivity index (χ0) is 15.2. The summed E-state index contributed by atoms with van der Waals surface area (Å²) >= 11 is 0. The Morgan fingerprint density at radius 1 is 1.29 bits per heavy atom. The molecule has 0 N–H and O–H groups in total. The van der Waals surface area contributed by atoms with E-state index >= 15 is 0 Å². The van der Waals surface area contributed by atoms with Gasteiger partial charge in [-0.3, -0.25) is 19.9 Å². The lowest BCUT2D eigenvalue weighted by Gasteiger charge is -2.17. The number of pyridine rings is 1. The predicted octanol–water partition coefficient (Wildman–Crippen LogP) is 2.19. The first-order valence-electron chi connectivity index (χ1n) is 6.43. The van der Waals surface area contributed by atoms with Crippen molar-refractivity contribution in [3.05, 3.63) is 70.0 Å². The Labute approximate surface area is 122 Å². The highest BCUT2D eigenvalue weighted by Gasteiger charge is 2.17. The molecule has 1 aromatic heterocycles. The number of para-hydroxylation sites is 1. The molecule has 108 valence electrons. The van der Waals surface area contributed by atoms with E-state index in [0.29, 0.717) is 12.1 Å². The van der Waals surface area contributed by atoms with Crippen LogP contribution in [0.1, 0.15) is 11.1 Å². The van der Waals surface area contributed by atoms with E-state index in [2.05, 4.69) is 4.98 Å². The lowest BCUT2D eigenvalue weighted by Crippen LogP contribution is -2.28. The van der Waals surface area contributed by atoms with Crippen LogP contribution in [0, 0.1) is 10.1 Å². The summed E-state index contributed by atoms with van der Waals surface area (Å²) in [5, 5.41) is 10.9. The van der Waals surface area contributed by atoms with Crippen molar-refractivity contribution in [2.75, 3.05) is 7.05 Å². The Kier molecular flexibility index (Phi) is 4.61. The molecule has 2 rings (SSSR count). The molecule has 0 saturated heterocycles. The van der Waals surface area contributed by atoms with E-state index in [9.17, 15) is 14.9 Å². The Balaban J connectivity index is 2.06. The van der Waals surface area contributed by atoms with E-state index < -0.39 is 4.92 Å². The van der Waals surface area contributed by atoms with E-state index in [4.69, 9.17) is 0 Å². The van der Waals surface area contributed by atoms with E-state index in [1.165, 1.54) is 11.0 Å². The molecule has 6 nitrogen and oxygen atoms in total. The molecular weight excluding hydrogens is 270 g/mol. The van der Waals surface area contributed by atoms with Gasteiger partial charge in [0.2, 0.25) is 5.91 Å². The van der Waals surface area contributed by atoms with Crippen LogP contribution in [0.2, 0.25) is 0 Å². The van der Waals surface area contributed by atoms with Gasteiger partial charge in [0.05, 0.1) is 11.3 Å². The topological polar surface area (TPSA) is 76.3 Å². The van der Waals surface area contributed by atoms with Gasteiger partial charge in [-0.15, -0.1) is 0 Å². The normalized spacial score (nSPS) is 10.1. The zero-order valence-electron chi connectivity index (χ0n) is 11.6. The quantitative estimate of drug-likeness (QED) is 0.623. The molecule has 21 heavy (non-hydrogen) atoms. The molecule has 1 heterocycles. The van der Waals surface area contributed by atoms with Crippen molar-refractivity contribution in [2.24, 2.45) is 0 Å². The van der Waals surface area contributed by atoms with E-state index in [1.807, 2.05) is 6.07 Å². The molecule has 0 atom stereocenters. The van der Waals surface area contributed by atoms with Crippen molar-refractivity contribution in [3.63, 3.8) is 0 Å². The first-order chi connectivity index (χ1) is 10.1. The third-order valence-corrected chi connectivity index (χ3v) is 3.10. The summed E-state index contributed by atoms with van der Waals surface area (Å²) < 4.78 is 0. The standard InChI is InChI=1S/C15H15N3O3/c1-17(11-12-5-4-8-16-10-12)15(19)9-13-6-2-3-7-14(13)18(20)21/h2-8,10H,9,11H2,1H3. The number of benzene rings is 1. The Bertz CT molecular complexity index is 644. The number of nitro benzene ring substituents is 1. The molecular formula is C15H15N3O3. The highest BCUT2D eigenvalue weighted by molar-refractivity contribution is 5.79. The molecule has 6 heteroatoms. The number of rotatable bonds is 5. The number of carbonyl (C=O) groups is 1. The fourth-order valence-corrected chi connectivity index (χ4v) is 1.99. The summed E-state index contributed by atoms with van der Waals surface area (Å²) in [4.78, 5) is 28.2. The van der Waals surface area contributed by atoms with Crippen LogP contribution in [0.15, 0.2) is 48.8 Å². The van der Waals surface area contributed by atoms with Gasteiger partial charge in [0.25, 0.3) is 5.69 Å². The summed E-state index contributed by atoms with van der Waals surface area (Å²) in [7, 11) is 1.67. The van der Waals surface area contributed by atoms with Crippen LogP contribution in [-0.2, 0) is 17.8 Å². The van der Waals surface area contributed by atoms with Crippen LogP contribution in [0.3, 0.4) is 0 Å². The number of hydrogen-bond acceptors (Lipinski definition) is 4. The lowest BCUT2D eigenvalue weighted by atomic mass is 10.1. The van der Waals surface area contributed by atoms with Gasteiger partial charge in [-0.05, 0) is 11.6 Å². The number of likely N-dealkylation sites (N-methyl/N-ethyl adjacent to an activating group) is 1. The van der Waals surface area contributed by atoms with Crippen molar-refractivity contribution in [3.8, 4) is 0 Å². The van der Waals surface area contributed by atoms with Crippen molar-refractivity contribution in [1.29, 1.82) is 0 Å². The van der Waals surface area contributed by atoms with E-state index in [-0.39, 0.29) is 18.0 Å². The number of nitro groups is 1. The van der Waals surface area contributed by atoms with Gasteiger partial charge in [0.1, 0.15) is 0 Å². The average Bonchev–Trinajstić information content (AvgIpc) is 2.48. The van der Waals surface area contributed by atoms with Gasteiger partial charge in [-0.1, -0.05) is 24.3 Å². The molecule has 0 aliphatic heterocycles. The number of carbonyl (C=O) groups excluding carboxylic acids is 1. The minimum absolute atomic E-state index is 0.00785. The Morgan fingerprint density at radius 2 is 2.05 bits per heavy atom. The number of aromatic nitrogens is 1. The predicted molar refractivity (Wildman–Crippen MR) is 77.5 cm³/mol. The second kappa shape index (κ2) is 6.60. The minimum atomic E-state index is -0.469. The number of nitrogens with zero attached hydrogens (tertiary/aromatic N) is 3. The molecule has 0 aliphatic rings. The zero-order valence-corrected chi connectivity index (χ0v) is 11.6. The summed E-state index contributed by atoms with van der Waals surface area (Å²) in [5.74, 6) is -0.173. The van der Waals surface area contributed by atoms with Crippen molar-refractivity contribution in [1.82, 2.24) is 9.88 Å². The molecule has 0 radical (unpaired) electrons. The van der Waals surface area contributed by atoms with Crippen molar-refractivity contribution >= 4 is 11.6 Å². The fraction of sp³-hybridized carbons (Fsp3) is 0.200. The van der Waals surface area contributed by atoms with Gasteiger partial charge in [-0.2, -0.15) is 0 Å². The molecule has 2 aromatic rings. The van der Waals surface area contributed by atoms with Gasteiger partial charge < -0.3 is 4.90 Å². The maximum Gasteiger partial charge on any atom is 0.273 e. The second-order valence-electron chi connectivity index (χ2n) is 4.67. The number of amides is 1. The van der Waals surface area contributed by atoms with Gasteiger partial charge in [-0.25, -0.2) is 0 Å². The molecule has 1 amide bonds. The monoisotopic (exact) mass is 285 g/mol. The van der Waals surface area contributed by atoms with E-state index in [1.54, 1.807) is 43.7 Å². The van der Waals surface area contributed by atoms with Crippen LogP contribution >= 0.6 is 0 Å². The van der Waals surface area contributed by atoms with Crippen LogP contribution in [0.5, 0.6) is 0 Å². The lowest BCUT2D eigenvalue weighted by molar-refractivity contribution is -0.385. The highest BCUT2D eigenvalue weighted by Crippen LogP contribution is 2.18. The summed E-state index contributed by atoms with van der Waals surface area (Å²) in [5.41, 5.74) is 1.31. The second-order valence-corrected chi connectivity index (χ2v) is 4.67. The van der Waals surface area contributed by atoms with Gasteiger partial charge in [0.15, 0.2) is 0 Å². The maximum absolute atomic E-state index is 12.2. The van der Waals surface area contributed by atoms with Crippen LogP contribution in [0.25, 0.3) is 0 Å². The summed E-state index contributed by atoms with van der Waals surface area (Å²) in [6.07, 6.45) is 3.36. The third-order valence-electron chi connectivity index (χ3n) is 3.10. The summed E-state index contributed by atoms with van der Waals surface area (Å²) in [6, 6.07) is 9.97. The van der Waals surface area contributed by atoms with Crippen molar-refractivity contribution < 1.29 is 9.72 Å². The molecule has 0 unspecified atom stereocenters. The molecule has 0 saturated carbocycles. The van der Waals surface area contributed by atoms with Crippen LogP contribution < -0.4 is 0 Å². The number of hydrogen-bond donors (Lipinski definition) is 0. The molecule has 0 aliphatic carbocycles. The Hall–Kier alpha value is -2.76. The van der Waals surface area contributed by atoms with Crippen LogP contribution in [0.4, 0.5) is 5.69 Å². The first-order valence-corrected chi connectivity index (χ1v) is 6.43. The van der Waals surface area contributed by atoms with Crippen molar-refractivity contribution in [2.45, 2.75) is 13.0 Å². The molecule has 0 bridgehead atoms. The third kappa shape index (κ3) is 3.85. The SMILES string of the molecule is CN(Cc1cccnc1)C(=O)Cc1ccccc1[N+](=O)[O-]. The van der Waals surface area contributed by atoms with Gasteiger partial charge in [0, 0.05) is 37.6 Å². The molecule has 0 spiro atoms. The maximum atomic E-state index is 12.2. The fourth-order valence-electron chi connectivity index (χ4n) is 1.99. The molecule has 0 fully saturated rings. The highest BCUT2D eigenvalue weighted by atomic mass is 16.6. The minimum Gasteiger partial charge on any atom is -0.341 e. The largest absolute Gasteiger partial charge is 0.341 e. The first kappa shape index (κ1) is 14.6. The Morgan fingerprint density at radius 3 is 2.71 bits per heavy atom. The van der Waals surface area contributed by atoms with Crippen LogP contribution in [-0.4, -0.2) is 27.8 Å². The van der Waals surface area contributed by atoms with Gasteiger partial charge >= 0.3 is 0 Å². The molecule has 1 aromatic carbocycles. The smallest absolute Gasteiger partial charge is 0.273 e. The average molecular weight is 285 g/mol. The van der Waals surface area contributed by atoms with E-state index in [0.717, 1.165) is 5.56 Å². The summed E-state index contributed by atoms with van der Waals surface area (Å²) in [6.45, 7) is 0.424.